The molecule has 2 rings (SSSR count). The summed E-state index contributed by atoms with van der Waals surface area (Å²) in [6.45, 7) is 0. The number of hydrogen-bond donors (Lipinski definition) is 2. The minimum Gasteiger partial charge on any atom is -0.326 e. The zero-order valence-corrected chi connectivity index (χ0v) is 7.57. The molecule has 13 heavy (non-hydrogen) atoms. The quantitative estimate of drug-likeness (QED) is 0.667. The number of nitrogens with one attached hydrogen (secondary N) is 1. The van der Waals surface area contributed by atoms with Gasteiger partial charge in [-0.15, -0.1) is 0 Å². The predicted molar refractivity (Wildman–Crippen MR) is 50.5 cm³/mol. The van der Waals surface area contributed by atoms with Crippen LogP contribution in [0.5, 0.6) is 0 Å². The van der Waals surface area contributed by atoms with Crippen molar-refractivity contribution in [1.29, 1.82) is 0 Å². The van der Waals surface area contributed by atoms with Crippen molar-refractivity contribution >= 4 is 0 Å². The fourth-order valence-corrected chi connectivity index (χ4v) is 2.08. The first-order valence-corrected chi connectivity index (χ1v) is 4.80. The SMILES string of the molecule is N[C@@H]1CCCC[C@H]1n1cc[nH]c1=O. The van der Waals surface area contributed by atoms with E-state index in [1.54, 1.807) is 17.0 Å². The molecule has 2 atom stereocenters. The van der Waals surface area contributed by atoms with Gasteiger partial charge in [0, 0.05) is 18.4 Å². The number of aromatic amines is 1. The number of nitrogens with zero attached hydrogens (tertiary/aromatic N) is 1. The molecule has 1 saturated carbocycles. The third kappa shape index (κ3) is 1.54. The Kier molecular flexibility index (Phi) is 2.22. The van der Waals surface area contributed by atoms with Crippen LogP contribution in [0.1, 0.15) is 31.7 Å². The lowest BCUT2D eigenvalue weighted by molar-refractivity contribution is 0.301. The fourth-order valence-electron chi connectivity index (χ4n) is 2.08. The van der Waals surface area contributed by atoms with Crippen molar-refractivity contribution in [3.05, 3.63) is 22.9 Å². The Morgan fingerprint density at radius 2 is 2.23 bits per heavy atom. The Labute approximate surface area is 76.8 Å². The van der Waals surface area contributed by atoms with E-state index in [2.05, 4.69) is 4.98 Å². The number of aromatic nitrogens is 2. The van der Waals surface area contributed by atoms with E-state index in [-0.39, 0.29) is 17.8 Å². The van der Waals surface area contributed by atoms with Gasteiger partial charge in [0.05, 0.1) is 6.04 Å². The summed E-state index contributed by atoms with van der Waals surface area (Å²) in [5.74, 6) is 0. The molecule has 0 aliphatic heterocycles. The molecule has 4 nitrogen and oxygen atoms in total. The van der Waals surface area contributed by atoms with Crippen LogP contribution in [-0.4, -0.2) is 15.6 Å². The van der Waals surface area contributed by atoms with E-state index in [0.717, 1.165) is 12.8 Å². The van der Waals surface area contributed by atoms with Gasteiger partial charge in [0.25, 0.3) is 0 Å². The summed E-state index contributed by atoms with van der Waals surface area (Å²) in [7, 11) is 0. The molecule has 0 bridgehead atoms. The first kappa shape index (κ1) is 8.56. The Morgan fingerprint density at radius 3 is 2.85 bits per heavy atom. The molecule has 1 aromatic heterocycles. The number of rotatable bonds is 1. The fraction of sp³-hybridized carbons (Fsp3) is 0.667. The van der Waals surface area contributed by atoms with Gasteiger partial charge in [-0.05, 0) is 12.8 Å². The van der Waals surface area contributed by atoms with Gasteiger partial charge < -0.3 is 10.7 Å². The van der Waals surface area contributed by atoms with Gasteiger partial charge in [-0.3, -0.25) is 4.57 Å². The standard InChI is InChI=1S/C9H15N3O/c10-7-3-1-2-4-8(7)12-6-5-11-9(12)13/h5-8H,1-4,10H2,(H,11,13)/t7-,8-/m1/s1. The molecular formula is C9H15N3O. The number of hydrogen-bond acceptors (Lipinski definition) is 2. The zero-order chi connectivity index (χ0) is 9.26. The number of nitrogens with two attached hydrogens (primary N) is 1. The smallest absolute Gasteiger partial charge is 0.325 e. The molecule has 1 fully saturated rings. The third-order valence-corrected chi connectivity index (χ3v) is 2.82. The van der Waals surface area contributed by atoms with Gasteiger partial charge in [-0.25, -0.2) is 4.79 Å². The van der Waals surface area contributed by atoms with E-state index in [9.17, 15) is 4.79 Å². The molecule has 0 amide bonds. The van der Waals surface area contributed by atoms with E-state index < -0.39 is 0 Å². The molecular weight excluding hydrogens is 166 g/mol. The van der Waals surface area contributed by atoms with Crippen LogP contribution in [-0.2, 0) is 0 Å². The highest BCUT2D eigenvalue weighted by atomic mass is 16.1. The molecule has 1 heterocycles. The minimum absolute atomic E-state index is 0.0395. The van der Waals surface area contributed by atoms with Crippen molar-refractivity contribution in [3.8, 4) is 0 Å². The van der Waals surface area contributed by atoms with Gasteiger partial charge in [0.1, 0.15) is 0 Å². The highest BCUT2D eigenvalue weighted by Crippen LogP contribution is 2.25. The molecule has 4 heteroatoms. The van der Waals surface area contributed by atoms with Crippen LogP contribution in [0.4, 0.5) is 0 Å². The lowest BCUT2D eigenvalue weighted by Gasteiger charge is -2.28. The first-order chi connectivity index (χ1) is 6.29. The second-order valence-corrected chi connectivity index (χ2v) is 3.69. The van der Waals surface area contributed by atoms with E-state index in [4.69, 9.17) is 5.73 Å². The topological polar surface area (TPSA) is 63.8 Å². The van der Waals surface area contributed by atoms with Crippen LogP contribution in [0, 0.1) is 0 Å². The molecule has 1 aromatic rings. The summed E-state index contributed by atoms with van der Waals surface area (Å²) < 4.78 is 1.73. The second-order valence-electron chi connectivity index (χ2n) is 3.69. The maximum atomic E-state index is 11.3. The lowest BCUT2D eigenvalue weighted by Crippen LogP contribution is -2.38. The molecule has 72 valence electrons. The zero-order valence-electron chi connectivity index (χ0n) is 7.57. The van der Waals surface area contributed by atoms with Crippen LogP contribution in [0.15, 0.2) is 17.2 Å². The summed E-state index contributed by atoms with van der Waals surface area (Å²) in [5.41, 5.74) is 5.93. The normalized spacial score (nSPS) is 29.0. The summed E-state index contributed by atoms with van der Waals surface area (Å²) in [4.78, 5) is 14.0. The van der Waals surface area contributed by atoms with Crippen LogP contribution >= 0.6 is 0 Å². The van der Waals surface area contributed by atoms with Crippen LogP contribution in [0.2, 0.25) is 0 Å². The Morgan fingerprint density at radius 1 is 1.46 bits per heavy atom. The van der Waals surface area contributed by atoms with Crippen molar-refractivity contribution in [2.75, 3.05) is 0 Å². The minimum atomic E-state index is -0.0395. The van der Waals surface area contributed by atoms with Crippen molar-refractivity contribution in [2.24, 2.45) is 5.73 Å². The van der Waals surface area contributed by atoms with Gasteiger partial charge in [-0.1, -0.05) is 12.8 Å². The molecule has 1 aliphatic rings. The van der Waals surface area contributed by atoms with E-state index >= 15 is 0 Å². The molecule has 0 aromatic carbocycles. The summed E-state index contributed by atoms with van der Waals surface area (Å²) in [6, 6.07) is 0.342. The summed E-state index contributed by atoms with van der Waals surface area (Å²) in [6.07, 6.45) is 7.88. The molecule has 0 spiro atoms. The van der Waals surface area contributed by atoms with Crippen molar-refractivity contribution in [1.82, 2.24) is 9.55 Å². The molecule has 0 radical (unpaired) electrons. The van der Waals surface area contributed by atoms with Crippen molar-refractivity contribution in [2.45, 2.75) is 37.8 Å². The van der Waals surface area contributed by atoms with Crippen molar-refractivity contribution < 1.29 is 0 Å². The third-order valence-electron chi connectivity index (χ3n) is 2.82. The van der Waals surface area contributed by atoms with Gasteiger partial charge >= 0.3 is 5.69 Å². The summed E-state index contributed by atoms with van der Waals surface area (Å²) >= 11 is 0. The highest BCUT2D eigenvalue weighted by molar-refractivity contribution is 4.88. The molecule has 1 aliphatic carbocycles. The van der Waals surface area contributed by atoms with E-state index in [0.29, 0.717) is 0 Å². The maximum absolute atomic E-state index is 11.3. The van der Waals surface area contributed by atoms with Gasteiger partial charge in [0.15, 0.2) is 0 Å². The molecule has 3 N–H and O–H groups in total. The maximum Gasteiger partial charge on any atom is 0.325 e. The second kappa shape index (κ2) is 3.38. The lowest BCUT2D eigenvalue weighted by atomic mass is 9.91. The summed E-state index contributed by atoms with van der Waals surface area (Å²) in [5, 5.41) is 0. The van der Waals surface area contributed by atoms with Gasteiger partial charge in [0.2, 0.25) is 0 Å². The monoisotopic (exact) mass is 181 g/mol. The Balaban J connectivity index is 2.24. The van der Waals surface area contributed by atoms with Crippen LogP contribution in [0.25, 0.3) is 0 Å². The Hall–Kier alpha value is -1.03. The first-order valence-electron chi connectivity index (χ1n) is 4.80. The van der Waals surface area contributed by atoms with Crippen LogP contribution < -0.4 is 11.4 Å². The predicted octanol–water partition coefficient (Wildman–Crippen LogP) is 0.619. The molecule has 0 unspecified atom stereocenters. The van der Waals surface area contributed by atoms with Crippen molar-refractivity contribution in [3.63, 3.8) is 0 Å². The number of imidazole rings is 1. The molecule has 0 saturated heterocycles. The van der Waals surface area contributed by atoms with Crippen LogP contribution in [0.3, 0.4) is 0 Å². The van der Waals surface area contributed by atoms with E-state index in [1.807, 2.05) is 0 Å². The van der Waals surface area contributed by atoms with Gasteiger partial charge in [-0.2, -0.15) is 0 Å². The largest absolute Gasteiger partial charge is 0.326 e. The Bertz CT molecular complexity index is 328. The van der Waals surface area contributed by atoms with E-state index in [1.165, 1.54) is 12.8 Å². The number of H-pyrrole nitrogens is 1. The average Bonchev–Trinajstić information content (AvgIpc) is 2.52. The highest BCUT2D eigenvalue weighted by Gasteiger charge is 2.23. The average molecular weight is 181 g/mol.